The highest BCUT2D eigenvalue weighted by atomic mass is 35.5. The molecule has 2 aliphatic rings. The fourth-order valence-corrected chi connectivity index (χ4v) is 4.03. The van der Waals surface area contributed by atoms with Crippen molar-refractivity contribution in [3.8, 4) is 0 Å². The molecular formula is C20H22ClN5O2. The molecule has 1 unspecified atom stereocenters. The van der Waals surface area contributed by atoms with Gasteiger partial charge in [-0.05, 0) is 24.3 Å². The lowest BCUT2D eigenvalue weighted by molar-refractivity contribution is -0.136. The molecule has 28 heavy (non-hydrogen) atoms. The Morgan fingerprint density at radius 3 is 2.57 bits per heavy atom. The van der Waals surface area contributed by atoms with Crippen LogP contribution in [0.1, 0.15) is 12.1 Å². The van der Waals surface area contributed by atoms with Crippen molar-refractivity contribution in [1.29, 1.82) is 0 Å². The first-order valence-electron chi connectivity index (χ1n) is 9.44. The molecule has 0 radical (unpaired) electrons. The van der Waals surface area contributed by atoms with Crippen LogP contribution in [0.4, 0.5) is 5.82 Å². The van der Waals surface area contributed by atoms with E-state index >= 15 is 0 Å². The molecule has 2 fully saturated rings. The van der Waals surface area contributed by atoms with Crippen molar-refractivity contribution < 1.29 is 9.59 Å². The Balaban J connectivity index is 1.33. The summed E-state index contributed by atoms with van der Waals surface area (Å²) in [5.74, 6) is 0.557. The Morgan fingerprint density at radius 2 is 1.86 bits per heavy atom. The number of rotatable bonds is 4. The van der Waals surface area contributed by atoms with Gasteiger partial charge in [-0.25, -0.2) is 4.98 Å². The van der Waals surface area contributed by atoms with Crippen LogP contribution in [0.25, 0.3) is 0 Å². The van der Waals surface area contributed by atoms with Crippen molar-refractivity contribution in [2.24, 2.45) is 5.92 Å². The monoisotopic (exact) mass is 399 g/mol. The third-order valence-electron chi connectivity index (χ3n) is 5.27. The van der Waals surface area contributed by atoms with Crippen molar-refractivity contribution >= 4 is 29.2 Å². The third-order valence-corrected chi connectivity index (χ3v) is 5.57. The van der Waals surface area contributed by atoms with Crippen LogP contribution in [0.5, 0.6) is 0 Å². The molecule has 2 aliphatic heterocycles. The van der Waals surface area contributed by atoms with Crippen LogP contribution in [-0.4, -0.2) is 64.3 Å². The van der Waals surface area contributed by atoms with Crippen molar-refractivity contribution in [3.63, 3.8) is 0 Å². The highest BCUT2D eigenvalue weighted by Crippen LogP contribution is 2.25. The minimum atomic E-state index is -0.277. The van der Waals surface area contributed by atoms with E-state index in [4.69, 9.17) is 11.6 Å². The molecule has 4 heterocycles. The van der Waals surface area contributed by atoms with E-state index in [1.165, 1.54) is 0 Å². The topological polar surface area (TPSA) is 69.6 Å². The van der Waals surface area contributed by atoms with Crippen molar-refractivity contribution in [2.45, 2.75) is 13.0 Å². The number of anilines is 1. The second-order valence-electron chi connectivity index (χ2n) is 7.12. The first-order chi connectivity index (χ1) is 13.6. The number of pyridine rings is 2. The summed E-state index contributed by atoms with van der Waals surface area (Å²) in [5, 5.41) is 0.619. The van der Waals surface area contributed by atoms with Crippen LogP contribution in [0, 0.1) is 5.92 Å². The van der Waals surface area contributed by atoms with Crippen molar-refractivity contribution in [3.05, 3.63) is 53.4 Å². The van der Waals surface area contributed by atoms with Gasteiger partial charge >= 0.3 is 0 Å². The summed E-state index contributed by atoms with van der Waals surface area (Å²) in [4.78, 5) is 39.6. The fourth-order valence-electron chi connectivity index (χ4n) is 3.78. The lowest BCUT2D eigenvalue weighted by Crippen LogP contribution is -2.51. The van der Waals surface area contributed by atoms with E-state index in [0.717, 1.165) is 11.5 Å². The quantitative estimate of drug-likeness (QED) is 0.784. The summed E-state index contributed by atoms with van der Waals surface area (Å²) in [6.45, 7) is 3.49. The van der Waals surface area contributed by atoms with E-state index in [1.54, 1.807) is 23.4 Å². The Hall–Kier alpha value is -2.67. The number of amides is 2. The van der Waals surface area contributed by atoms with Crippen LogP contribution < -0.4 is 4.90 Å². The maximum Gasteiger partial charge on any atom is 0.228 e. The van der Waals surface area contributed by atoms with E-state index in [-0.39, 0.29) is 24.2 Å². The molecule has 0 bridgehead atoms. The van der Waals surface area contributed by atoms with Gasteiger partial charge in [0, 0.05) is 51.5 Å². The highest BCUT2D eigenvalue weighted by Gasteiger charge is 2.37. The van der Waals surface area contributed by atoms with Gasteiger partial charge in [-0.1, -0.05) is 17.7 Å². The van der Waals surface area contributed by atoms with E-state index in [1.807, 2.05) is 29.2 Å². The van der Waals surface area contributed by atoms with Gasteiger partial charge in [0.25, 0.3) is 0 Å². The molecule has 8 heteroatoms. The lowest BCUT2D eigenvalue weighted by Gasteiger charge is -2.36. The Morgan fingerprint density at radius 1 is 1.07 bits per heavy atom. The number of carbonyl (C=O) groups excluding carboxylic acids is 2. The zero-order chi connectivity index (χ0) is 19.5. The molecule has 2 saturated heterocycles. The normalized spacial score (nSPS) is 20.0. The largest absolute Gasteiger partial charge is 0.352 e. The summed E-state index contributed by atoms with van der Waals surface area (Å²) in [6.07, 6.45) is 3.71. The van der Waals surface area contributed by atoms with E-state index in [9.17, 15) is 9.59 Å². The molecule has 2 aromatic rings. The molecule has 2 amide bonds. The van der Waals surface area contributed by atoms with Crippen LogP contribution in [0.3, 0.4) is 0 Å². The summed E-state index contributed by atoms with van der Waals surface area (Å²) in [6, 6.07) is 9.27. The Labute approximate surface area is 168 Å². The average Bonchev–Trinajstić information content (AvgIpc) is 3.09. The third kappa shape index (κ3) is 3.94. The Kier molecular flexibility index (Phi) is 5.43. The summed E-state index contributed by atoms with van der Waals surface area (Å²) >= 11 is 6.23. The number of halogens is 1. The maximum atomic E-state index is 12.9. The fraction of sp³-hybridized carbons (Fsp3) is 0.400. The van der Waals surface area contributed by atoms with E-state index < -0.39 is 0 Å². The summed E-state index contributed by atoms with van der Waals surface area (Å²) in [5.41, 5.74) is 0.838. The van der Waals surface area contributed by atoms with Gasteiger partial charge in [0.05, 0.1) is 23.2 Å². The molecule has 0 aromatic carbocycles. The number of piperazine rings is 1. The standard InChI is InChI=1S/C20H22ClN5O2/c21-17-5-3-7-23-19(17)24-8-10-25(11-9-24)20(28)15-12-18(27)26(13-15)14-16-4-1-2-6-22-16/h1-7,15H,8-14H2. The minimum absolute atomic E-state index is 0.0166. The minimum Gasteiger partial charge on any atom is -0.352 e. The summed E-state index contributed by atoms with van der Waals surface area (Å²) < 4.78 is 0. The molecule has 0 N–H and O–H groups in total. The van der Waals surface area contributed by atoms with Gasteiger partial charge in [0.2, 0.25) is 11.8 Å². The predicted octanol–water partition coefficient (Wildman–Crippen LogP) is 1.83. The molecule has 0 spiro atoms. The van der Waals surface area contributed by atoms with Crippen LogP contribution in [-0.2, 0) is 16.1 Å². The van der Waals surface area contributed by atoms with Crippen LogP contribution in [0.15, 0.2) is 42.7 Å². The smallest absolute Gasteiger partial charge is 0.228 e. The summed E-state index contributed by atoms with van der Waals surface area (Å²) in [7, 11) is 0. The zero-order valence-corrected chi connectivity index (χ0v) is 16.3. The van der Waals surface area contributed by atoms with E-state index in [0.29, 0.717) is 44.3 Å². The molecule has 0 aliphatic carbocycles. The number of nitrogens with zero attached hydrogens (tertiary/aromatic N) is 5. The van der Waals surface area contributed by atoms with Gasteiger partial charge in [-0.2, -0.15) is 0 Å². The number of hydrogen-bond donors (Lipinski definition) is 0. The molecule has 1 atom stereocenters. The van der Waals surface area contributed by atoms with Crippen molar-refractivity contribution in [1.82, 2.24) is 19.8 Å². The molecule has 4 rings (SSSR count). The second kappa shape index (κ2) is 8.14. The first-order valence-corrected chi connectivity index (χ1v) is 9.81. The molecular weight excluding hydrogens is 378 g/mol. The highest BCUT2D eigenvalue weighted by molar-refractivity contribution is 6.32. The van der Waals surface area contributed by atoms with Gasteiger partial charge < -0.3 is 14.7 Å². The molecule has 146 valence electrons. The lowest BCUT2D eigenvalue weighted by atomic mass is 10.1. The predicted molar refractivity (Wildman–Crippen MR) is 106 cm³/mol. The second-order valence-corrected chi connectivity index (χ2v) is 7.52. The number of carbonyl (C=O) groups is 2. The van der Waals surface area contributed by atoms with Gasteiger partial charge in [0.1, 0.15) is 5.82 Å². The molecule has 0 saturated carbocycles. The van der Waals surface area contributed by atoms with Gasteiger partial charge in [-0.3, -0.25) is 14.6 Å². The zero-order valence-electron chi connectivity index (χ0n) is 15.5. The Bertz CT molecular complexity index is 855. The van der Waals surface area contributed by atoms with Crippen LogP contribution >= 0.6 is 11.6 Å². The number of likely N-dealkylation sites (tertiary alicyclic amines) is 1. The van der Waals surface area contributed by atoms with Crippen molar-refractivity contribution in [2.75, 3.05) is 37.6 Å². The molecule has 2 aromatic heterocycles. The maximum absolute atomic E-state index is 12.9. The van der Waals surface area contributed by atoms with Gasteiger partial charge in [-0.15, -0.1) is 0 Å². The average molecular weight is 400 g/mol. The van der Waals surface area contributed by atoms with Gasteiger partial charge in [0.15, 0.2) is 0 Å². The van der Waals surface area contributed by atoms with E-state index in [2.05, 4.69) is 14.9 Å². The SMILES string of the molecule is O=C1CC(C(=O)N2CCN(c3ncccc3Cl)CC2)CN1Cc1ccccn1. The number of hydrogen-bond acceptors (Lipinski definition) is 5. The van der Waals surface area contributed by atoms with Crippen LogP contribution in [0.2, 0.25) is 5.02 Å². The molecule has 7 nitrogen and oxygen atoms in total. The number of aromatic nitrogens is 2. The first kappa shape index (κ1) is 18.7.